The SMILES string of the molecule is CCCCNc1nc(NC(=O)O)nc2c(Br)nn(Cc3cc(C#N)ccc3OC)c12. The maximum Gasteiger partial charge on any atom is 0.411 e. The van der Waals surface area contributed by atoms with Gasteiger partial charge >= 0.3 is 6.09 Å². The van der Waals surface area contributed by atoms with E-state index in [0.717, 1.165) is 18.4 Å². The quantitative estimate of drug-likeness (QED) is 0.419. The molecule has 0 spiro atoms. The minimum atomic E-state index is -1.25. The first kappa shape index (κ1) is 21.3. The number of methoxy groups -OCH3 is 1. The minimum absolute atomic E-state index is 0.0432. The Morgan fingerprint density at radius 1 is 1.40 bits per heavy atom. The molecule has 1 aromatic carbocycles. The third-order valence-corrected chi connectivity index (χ3v) is 4.85. The van der Waals surface area contributed by atoms with E-state index in [-0.39, 0.29) is 5.95 Å². The standard InChI is InChI=1S/C19H20BrN7O3/c1-3-4-7-22-17-15-14(23-18(24-17)25-19(28)29)16(20)26-27(15)10-12-8-11(9-21)5-6-13(12)30-2/h5-6,8H,3-4,7,10H2,1-2H3,(H,28,29)(H2,22,23,24,25). The fraction of sp³-hybridized carbons (Fsp3) is 0.316. The van der Waals surface area contributed by atoms with Gasteiger partial charge < -0.3 is 15.2 Å². The molecule has 0 unspecified atom stereocenters. The van der Waals surface area contributed by atoms with Crippen molar-refractivity contribution in [1.82, 2.24) is 19.7 Å². The predicted molar refractivity (Wildman–Crippen MR) is 115 cm³/mol. The van der Waals surface area contributed by atoms with E-state index in [4.69, 9.17) is 9.84 Å². The smallest absolute Gasteiger partial charge is 0.411 e. The van der Waals surface area contributed by atoms with Crippen LogP contribution in [0.2, 0.25) is 0 Å². The zero-order valence-electron chi connectivity index (χ0n) is 16.4. The molecule has 0 aliphatic carbocycles. The Morgan fingerprint density at radius 2 is 2.20 bits per heavy atom. The second kappa shape index (κ2) is 9.41. The lowest BCUT2D eigenvalue weighted by Gasteiger charge is -2.12. The highest BCUT2D eigenvalue weighted by Gasteiger charge is 2.19. The van der Waals surface area contributed by atoms with Gasteiger partial charge in [-0.1, -0.05) is 13.3 Å². The van der Waals surface area contributed by atoms with Gasteiger partial charge in [-0.15, -0.1) is 0 Å². The second-order valence-electron chi connectivity index (χ2n) is 6.39. The van der Waals surface area contributed by atoms with Crippen LogP contribution in [0.4, 0.5) is 16.6 Å². The highest BCUT2D eigenvalue weighted by molar-refractivity contribution is 9.10. The molecule has 0 saturated carbocycles. The number of carboxylic acid groups (broad SMARTS) is 1. The topological polar surface area (TPSA) is 138 Å². The fourth-order valence-electron chi connectivity index (χ4n) is 2.95. The summed E-state index contributed by atoms with van der Waals surface area (Å²) in [5.41, 5.74) is 2.34. The summed E-state index contributed by atoms with van der Waals surface area (Å²) in [5.74, 6) is 1.04. The van der Waals surface area contributed by atoms with Gasteiger partial charge in [0.15, 0.2) is 10.4 Å². The van der Waals surface area contributed by atoms with E-state index in [1.54, 1.807) is 30.0 Å². The lowest BCUT2D eigenvalue weighted by molar-refractivity contribution is 0.209. The summed E-state index contributed by atoms with van der Waals surface area (Å²) in [7, 11) is 1.56. The monoisotopic (exact) mass is 473 g/mol. The normalized spacial score (nSPS) is 10.6. The third kappa shape index (κ3) is 4.60. The molecule has 0 bridgehead atoms. The number of aromatic nitrogens is 4. The summed E-state index contributed by atoms with van der Waals surface area (Å²) in [6.07, 6.45) is 0.652. The molecule has 10 nitrogen and oxygen atoms in total. The van der Waals surface area contributed by atoms with Crippen molar-refractivity contribution >= 4 is 44.8 Å². The number of amides is 1. The van der Waals surface area contributed by atoms with Gasteiger partial charge in [0.2, 0.25) is 5.95 Å². The fourth-order valence-corrected chi connectivity index (χ4v) is 3.42. The second-order valence-corrected chi connectivity index (χ2v) is 7.14. The van der Waals surface area contributed by atoms with Crippen LogP contribution in [0.25, 0.3) is 11.0 Å². The van der Waals surface area contributed by atoms with Gasteiger partial charge in [-0.3, -0.25) is 10.00 Å². The number of rotatable bonds is 8. The number of hydrogen-bond acceptors (Lipinski definition) is 7. The van der Waals surface area contributed by atoms with Gasteiger partial charge in [-0.2, -0.15) is 15.3 Å². The number of anilines is 2. The molecule has 3 N–H and O–H groups in total. The highest BCUT2D eigenvalue weighted by Crippen LogP contribution is 2.30. The van der Waals surface area contributed by atoms with E-state index >= 15 is 0 Å². The van der Waals surface area contributed by atoms with E-state index in [1.807, 2.05) is 0 Å². The molecule has 0 aliphatic rings. The molecular formula is C19H20BrN7O3. The van der Waals surface area contributed by atoms with Crippen LogP contribution in [0.15, 0.2) is 22.8 Å². The van der Waals surface area contributed by atoms with Crippen LogP contribution in [0.3, 0.4) is 0 Å². The first-order valence-electron chi connectivity index (χ1n) is 9.21. The average molecular weight is 474 g/mol. The summed E-state index contributed by atoms with van der Waals surface area (Å²) >= 11 is 3.40. The van der Waals surface area contributed by atoms with Crippen molar-refractivity contribution in [2.24, 2.45) is 0 Å². The molecule has 0 radical (unpaired) electrons. The molecule has 11 heteroatoms. The largest absolute Gasteiger partial charge is 0.496 e. The Morgan fingerprint density at radius 3 is 2.87 bits per heavy atom. The summed E-state index contributed by atoms with van der Waals surface area (Å²) in [5, 5.41) is 28.2. The Bertz CT molecular complexity index is 1120. The number of fused-ring (bicyclic) bond motifs is 1. The van der Waals surface area contributed by atoms with Crippen molar-refractivity contribution in [3.63, 3.8) is 0 Å². The maximum absolute atomic E-state index is 11.1. The van der Waals surface area contributed by atoms with Crippen LogP contribution in [-0.2, 0) is 6.54 Å². The van der Waals surface area contributed by atoms with Gasteiger partial charge in [-0.05, 0) is 40.5 Å². The molecule has 1 amide bonds. The average Bonchev–Trinajstić information content (AvgIpc) is 3.03. The van der Waals surface area contributed by atoms with E-state index in [9.17, 15) is 10.1 Å². The van der Waals surface area contributed by atoms with E-state index in [0.29, 0.717) is 45.9 Å². The summed E-state index contributed by atoms with van der Waals surface area (Å²) in [6.45, 7) is 3.04. The number of nitrogens with zero attached hydrogens (tertiary/aromatic N) is 5. The van der Waals surface area contributed by atoms with Gasteiger partial charge in [-0.25, -0.2) is 9.78 Å². The van der Waals surface area contributed by atoms with Crippen LogP contribution in [0, 0.1) is 11.3 Å². The molecule has 0 saturated heterocycles. The molecule has 156 valence electrons. The molecular weight excluding hydrogens is 454 g/mol. The molecule has 30 heavy (non-hydrogen) atoms. The van der Waals surface area contributed by atoms with E-state index in [1.165, 1.54) is 0 Å². The molecule has 2 aromatic heterocycles. The van der Waals surface area contributed by atoms with E-state index in [2.05, 4.69) is 54.6 Å². The van der Waals surface area contributed by atoms with Gasteiger partial charge in [0.05, 0.1) is 25.3 Å². The number of ether oxygens (including phenoxy) is 1. The lowest BCUT2D eigenvalue weighted by atomic mass is 10.1. The number of unbranched alkanes of at least 4 members (excludes halogenated alkanes) is 1. The van der Waals surface area contributed by atoms with Crippen molar-refractivity contribution in [3.05, 3.63) is 33.9 Å². The zero-order valence-corrected chi connectivity index (χ0v) is 18.0. The number of benzene rings is 1. The van der Waals surface area contributed by atoms with Gasteiger partial charge in [0, 0.05) is 12.1 Å². The first-order valence-corrected chi connectivity index (χ1v) is 10.0. The number of hydrogen-bond donors (Lipinski definition) is 3. The third-order valence-electron chi connectivity index (χ3n) is 4.32. The molecule has 3 aromatic rings. The maximum atomic E-state index is 11.1. The van der Waals surface area contributed by atoms with Crippen LogP contribution in [0.5, 0.6) is 5.75 Å². The van der Waals surface area contributed by atoms with Crippen LogP contribution >= 0.6 is 15.9 Å². The van der Waals surface area contributed by atoms with Crippen molar-refractivity contribution in [2.45, 2.75) is 26.3 Å². The number of nitrogens with one attached hydrogen (secondary N) is 2. The van der Waals surface area contributed by atoms with Gasteiger partial charge in [0.25, 0.3) is 0 Å². The number of halogens is 1. The summed E-state index contributed by atoms with van der Waals surface area (Å²) < 4.78 is 7.56. The van der Waals surface area contributed by atoms with Crippen molar-refractivity contribution < 1.29 is 14.6 Å². The minimum Gasteiger partial charge on any atom is -0.496 e. The predicted octanol–water partition coefficient (Wildman–Crippen LogP) is 3.82. The lowest BCUT2D eigenvalue weighted by Crippen LogP contribution is -2.14. The summed E-state index contributed by atoms with van der Waals surface area (Å²) in [6, 6.07) is 7.29. The molecule has 0 fully saturated rings. The van der Waals surface area contributed by atoms with Crippen molar-refractivity contribution in [1.29, 1.82) is 5.26 Å². The molecule has 3 rings (SSSR count). The molecule has 2 heterocycles. The van der Waals surface area contributed by atoms with Crippen LogP contribution in [0.1, 0.15) is 30.9 Å². The van der Waals surface area contributed by atoms with Crippen molar-refractivity contribution in [3.8, 4) is 11.8 Å². The van der Waals surface area contributed by atoms with Crippen LogP contribution < -0.4 is 15.4 Å². The Hall–Kier alpha value is -3.39. The van der Waals surface area contributed by atoms with Crippen LogP contribution in [-0.4, -0.2) is 44.6 Å². The number of carbonyl (C=O) groups is 1. The Balaban J connectivity index is 2.11. The number of nitriles is 1. The zero-order chi connectivity index (χ0) is 21.7. The molecule has 0 atom stereocenters. The van der Waals surface area contributed by atoms with Gasteiger partial charge in [0.1, 0.15) is 16.8 Å². The first-order chi connectivity index (χ1) is 14.5. The Kier molecular flexibility index (Phi) is 6.68. The summed E-state index contributed by atoms with van der Waals surface area (Å²) in [4.78, 5) is 19.7. The van der Waals surface area contributed by atoms with E-state index < -0.39 is 6.09 Å². The molecule has 0 aliphatic heterocycles. The Labute approximate surface area is 181 Å². The van der Waals surface area contributed by atoms with Crippen molar-refractivity contribution in [2.75, 3.05) is 24.3 Å². The highest BCUT2D eigenvalue weighted by atomic mass is 79.9.